The van der Waals surface area contributed by atoms with Crippen LogP contribution in [-0.2, 0) is 9.53 Å². The van der Waals surface area contributed by atoms with E-state index in [1.165, 1.54) is 0 Å². The fourth-order valence-electron chi connectivity index (χ4n) is 1.89. The van der Waals surface area contributed by atoms with Crippen LogP contribution in [0.15, 0.2) is 24.3 Å². The average molecular weight is 244 g/mol. The van der Waals surface area contributed by atoms with Crippen molar-refractivity contribution in [3.63, 3.8) is 0 Å². The van der Waals surface area contributed by atoms with Gasteiger partial charge in [-0.25, -0.2) is 0 Å². The van der Waals surface area contributed by atoms with Gasteiger partial charge < -0.3 is 9.64 Å². The van der Waals surface area contributed by atoms with E-state index >= 15 is 0 Å². The molecule has 0 aromatic heterocycles. The van der Waals surface area contributed by atoms with Crippen LogP contribution in [0.1, 0.15) is 25.3 Å². The quantitative estimate of drug-likeness (QED) is 0.744. The Bertz CT molecular complexity index is 458. The summed E-state index contributed by atoms with van der Waals surface area (Å²) >= 11 is 0. The number of carbonyl (C=O) groups excluding carboxylic acids is 1. The molecule has 1 fully saturated rings. The van der Waals surface area contributed by atoms with Gasteiger partial charge in [0.25, 0.3) is 0 Å². The maximum Gasteiger partial charge on any atom is 0.325 e. The van der Waals surface area contributed by atoms with Crippen LogP contribution in [0, 0.1) is 11.3 Å². The van der Waals surface area contributed by atoms with Gasteiger partial charge in [0.1, 0.15) is 6.54 Å². The van der Waals surface area contributed by atoms with Crippen molar-refractivity contribution in [1.29, 1.82) is 5.26 Å². The Hall–Kier alpha value is -2.02. The highest BCUT2D eigenvalue weighted by molar-refractivity contribution is 5.76. The number of hydrogen-bond acceptors (Lipinski definition) is 4. The minimum absolute atomic E-state index is 0.200. The Labute approximate surface area is 107 Å². The summed E-state index contributed by atoms with van der Waals surface area (Å²) in [7, 11) is 0. The van der Waals surface area contributed by atoms with Crippen LogP contribution in [-0.4, -0.2) is 25.2 Å². The van der Waals surface area contributed by atoms with Gasteiger partial charge in [0.05, 0.1) is 18.2 Å². The Morgan fingerprint density at radius 2 is 2.11 bits per heavy atom. The second kappa shape index (κ2) is 5.54. The molecule has 2 rings (SSSR count). The third-order valence-corrected chi connectivity index (χ3v) is 2.92. The molecular formula is C14H16N2O2. The van der Waals surface area contributed by atoms with E-state index in [-0.39, 0.29) is 12.5 Å². The van der Waals surface area contributed by atoms with Crippen molar-refractivity contribution in [3.05, 3.63) is 29.8 Å². The molecule has 0 unspecified atom stereocenters. The molecule has 4 nitrogen and oxygen atoms in total. The number of esters is 1. The first-order valence-electron chi connectivity index (χ1n) is 6.17. The van der Waals surface area contributed by atoms with Crippen LogP contribution < -0.4 is 4.90 Å². The van der Waals surface area contributed by atoms with Crippen molar-refractivity contribution in [2.45, 2.75) is 25.8 Å². The molecule has 1 aliphatic rings. The maximum absolute atomic E-state index is 11.6. The highest BCUT2D eigenvalue weighted by atomic mass is 16.5. The summed E-state index contributed by atoms with van der Waals surface area (Å²) in [6, 6.07) is 9.84. The number of anilines is 1. The highest BCUT2D eigenvalue weighted by Crippen LogP contribution is 2.31. The predicted octanol–water partition coefficient (Wildman–Crippen LogP) is 2.09. The first kappa shape index (κ1) is 12.4. The lowest BCUT2D eigenvalue weighted by Crippen LogP contribution is -2.32. The number of nitriles is 1. The topological polar surface area (TPSA) is 53.3 Å². The van der Waals surface area contributed by atoms with E-state index in [1.54, 1.807) is 19.1 Å². The van der Waals surface area contributed by atoms with E-state index in [4.69, 9.17) is 10.00 Å². The largest absolute Gasteiger partial charge is 0.465 e. The molecule has 94 valence electrons. The van der Waals surface area contributed by atoms with Crippen LogP contribution in [0.25, 0.3) is 0 Å². The van der Waals surface area contributed by atoms with Crippen molar-refractivity contribution in [1.82, 2.24) is 0 Å². The number of rotatable bonds is 5. The van der Waals surface area contributed by atoms with Crippen LogP contribution in [0.5, 0.6) is 0 Å². The number of carbonyl (C=O) groups is 1. The Morgan fingerprint density at radius 1 is 1.44 bits per heavy atom. The maximum atomic E-state index is 11.6. The molecule has 0 bridgehead atoms. The van der Waals surface area contributed by atoms with Gasteiger partial charge >= 0.3 is 5.97 Å². The summed E-state index contributed by atoms with van der Waals surface area (Å²) in [5.74, 6) is -0.200. The molecule has 0 atom stereocenters. The van der Waals surface area contributed by atoms with Crippen LogP contribution >= 0.6 is 0 Å². The Balaban J connectivity index is 2.09. The van der Waals surface area contributed by atoms with Crippen molar-refractivity contribution in [2.24, 2.45) is 0 Å². The summed E-state index contributed by atoms with van der Waals surface area (Å²) in [6.07, 6.45) is 2.22. The summed E-state index contributed by atoms with van der Waals surface area (Å²) < 4.78 is 4.98. The number of benzene rings is 1. The van der Waals surface area contributed by atoms with Gasteiger partial charge in [0.2, 0.25) is 0 Å². The molecule has 0 amide bonds. The van der Waals surface area contributed by atoms with Gasteiger partial charge in [-0.05, 0) is 44.0 Å². The molecule has 0 N–H and O–H groups in total. The van der Waals surface area contributed by atoms with Gasteiger partial charge in [-0.15, -0.1) is 0 Å². The molecule has 1 aromatic carbocycles. The summed E-state index contributed by atoms with van der Waals surface area (Å²) in [5.41, 5.74) is 1.61. The first-order chi connectivity index (χ1) is 8.74. The lowest BCUT2D eigenvalue weighted by atomic mass is 10.2. The molecular weight excluding hydrogens is 228 g/mol. The smallest absolute Gasteiger partial charge is 0.325 e. The van der Waals surface area contributed by atoms with E-state index in [1.807, 2.05) is 12.1 Å². The van der Waals surface area contributed by atoms with Gasteiger partial charge in [-0.1, -0.05) is 0 Å². The van der Waals surface area contributed by atoms with Gasteiger partial charge in [0, 0.05) is 11.7 Å². The molecule has 0 aliphatic heterocycles. The van der Waals surface area contributed by atoms with Gasteiger partial charge in [-0.2, -0.15) is 5.26 Å². The minimum atomic E-state index is -0.200. The third kappa shape index (κ3) is 3.01. The molecule has 0 radical (unpaired) electrons. The summed E-state index contributed by atoms with van der Waals surface area (Å²) in [4.78, 5) is 13.6. The lowest BCUT2D eigenvalue weighted by molar-refractivity contribution is -0.141. The number of nitrogens with zero attached hydrogens (tertiary/aromatic N) is 2. The SMILES string of the molecule is CCOC(=O)CN(c1ccc(C#N)cc1)C1CC1. The lowest BCUT2D eigenvalue weighted by Gasteiger charge is -2.23. The molecule has 0 heterocycles. The van der Waals surface area contributed by atoms with E-state index in [0.717, 1.165) is 18.5 Å². The average Bonchev–Trinajstić information content (AvgIpc) is 3.21. The summed E-state index contributed by atoms with van der Waals surface area (Å²) in [6.45, 7) is 2.50. The van der Waals surface area contributed by atoms with E-state index in [9.17, 15) is 4.79 Å². The van der Waals surface area contributed by atoms with Crippen molar-refractivity contribution >= 4 is 11.7 Å². The first-order valence-corrected chi connectivity index (χ1v) is 6.17. The molecule has 0 saturated heterocycles. The highest BCUT2D eigenvalue weighted by Gasteiger charge is 2.30. The predicted molar refractivity (Wildman–Crippen MR) is 68.2 cm³/mol. The van der Waals surface area contributed by atoms with E-state index < -0.39 is 0 Å². The zero-order valence-corrected chi connectivity index (χ0v) is 10.4. The zero-order chi connectivity index (χ0) is 13.0. The van der Waals surface area contributed by atoms with Crippen LogP contribution in [0.2, 0.25) is 0 Å². The fraction of sp³-hybridized carbons (Fsp3) is 0.429. The molecule has 1 saturated carbocycles. The van der Waals surface area contributed by atoms with E-state index in [2.05, 4.69) is 11.0 Å². The summed E-state index contributed by atoms with van der Waals surface area (Å²) in [5, 5.41) is 8.77. The minimum Gasteiger partial charge on any atom is -0.465 e. The van der Waals surface area contributed by atoms with Crippen LogP contribution in [0.3, 0.4) is 0 Å². The van der Waals surface area contributed by atoms with Crippen molar-refractivity contribution < 1.29 is 9.53 Å². The van der Waals surface area contributed by atoms with Gasteiger partial charge in [-0.3, -0.25) is 4.79 Å². The van der Waals surface area contributed by atoms with E-state index in [0.29, 0.717) is 18.2 Å². The molecule has 4 heteroatoms. The van der Waals surface area contributed by atoms with Crippen LogP contribution in [0.4, 0.5) is 5.69 Å². The fourth-order valence-corrected chi connectivity index (χ4v) is 1.89. The third-order valence-electron chi connectivity index (χ3n) is 2.92. The normalized spacial score (nSPS) is 13.8. The molecule has 0 spiro atoms. The number of hydrogen-bond donors (Lipinski definition) is 0. The number of ether oxygens (including phenoxy) is 1. The molecule has 18 heavy (non-hydrogen) atoms. The van der Waals surface area contributed by atoms with Gasteiger partial charge in [0.15, 0.2) is 0 Å². The monoisotopic (exact) mass is 244 g/mol. The Kier molecular flexibility index (Phi) is 3.83. The second-order valence-electron chi connectivity index (χ2n) is 4.32. The molecule has 1 aromatic rings. The Morgan fingerprint density at radius 3 is 2.61 bits per heavy atom. The van der Waals surface area contributed by atoms with Crippen molar-refractivity contribution in [3.8, 4) is 6.07 Å². The standard InChI is InChI=1S/C14H16N2O2/c1-2-18-14(17)10-16(13-7-8-13)12-5-3-11(9-15)4-6-12/h3-6,13H,2,7-8,10H2,1H3. The molecule has 1 aliphatic carbocycles. The van der Waals surface area contributed by atoms with Crippen molar-refractivity contribution in [2.75, 3.05) is 18.1 Å². The zero-order valence-electron chi connectivity index (χ0n) is 10.4. The second-order valence-corrected chi connectivity index (χ2v) is 4.32.